The maximum absolute atomic E-state index is 12.5. The minimum Gasteiger partial charge on any atom is -0.461 e. The van der Waals surface area contributed by atoms with Crippen LogP contribution in [0.5, 0.6) is 0 Å². The lowest BCUT2D eigenvalue weighted by Gasteiger charge is -2.46. The van der Waals surface area contributed by atoms with Gasteiger partial charge in [0.2, 0.25) is 0 Å². The van der Waals surface area contributed by atoms with Crippen LogP contribution in [-0.4, -0.2) is 18.6 Å². The van der Waals surface area contributed by atoms with Crippen molar-refractivity contribution in [2.24, 2.45) is 23.2 Å². The third-order valence-electron chi connectivity index (χ3n) is 6.62. The minimum absolute atomic E-state index is 0.0117. The molecule has 2 aliphatic carbocycles. The number of hydrogen-bond donors (Lipinski definition) is 1. The molecule has 0 amide bonds. The van der Waals surface area contributed by atoms with E-state index in [1.54, 1.807) is 5.57 Å². The lowest BCUT2D eigenvalue weighted by Crippen LogP contribution is -2.40. The summed E-state index contributed by atoms with van der Waals surface area (Å²) in [5, 5.41) is 3.47. The molecule has 0 radical (unpaired) electrons. The van der Waals surface area contributed by atoms with Crippen molar-refractivity contribution in [2.45, 2.75) is 52.2 Å². The second kappa shape index (κ2) is 6.60. The fraction of sp³-hybridized carbons (Fsp3) is 0.591. The molecule has 3 aliphatic rings. The molecule has 1 aromatic carbocycles. The zero-order valence-electron chi connectivity index (χ0n) is 15.3. The van der Waals surface area contributed by atoms with Crippen LogP contribution in [0, 0.1) is 23.2 Å². The standard InChI is InChI=1S/C22H29NO2/c1-15-7-6-10-22(2)12-20-17(11-19(15)22)18(21(24)25-20)14-23-13-16-8-4-3-5-9-16/h3-5,8-9,11,15,17-18,20,23H,6-7,10,12-14H2,1-2H3. The highest BCUT2D eigenvalue weighted by Crippen LogP contribution is 2.53. The fourth-order valence-electron chi connectivity index (χ4n) is 5.25. The molecule has 0 aromatic heterocycles. The first-order valence-electron chi connectivity index (χ1n) is 9.74. The molecule has 1 aliphatic heterocycles. The number of fused-ring (bicyclic) bond motifs is 2. The maximum Gasteiger partial charge on any atom is 0.311 e. The molecule has 3 heteroatoms. The van der Waals surface area contributed by atoms with Gasteiger partial charge in [0.25, 0.3) is 0 Å². The molecule has 25 heavy (non-hydrogen) atoms. The predicted octanol–water partition coefficient (Wildman–Crippen LogP) is 4.09. The Bertz CT molecular complexity index is 668. The molecule has 134 valence electrons. The van der Waals surface area contributed by atoms with Crippen LogP contribution in [0.4, 0.5) is 0 Å². The summed E-state index contributed by atoms with van der Waals surface area (Å²) < 4.78 is 5.81. The summed E-state index contributed by atoms with van der Waals surface area (Å²) >= 11 is 0. The van der Waals surface area contributed by atoms with Gasteiger partial charge in [-0.3, -0.25) is 4.79 Å². The van der Waals surface area contributed by atoms with Gasteiger partial charge < -0.3 is 10.1 Å². The van der Waals surface area contributed by atoms with Crippen LogP contribution in [0.25, 0.3) is 0 Å². The normalized spacial score (nSPS) is 37.0. The molecule has 1 N–H and O–H groups in total. The zero-order chi connectivity index (χ0) is 17.4. The Morgan fingerprint density at radius 2 is 2.08 bits per heavy atom. The Labute approximate surface area is 150 Å². The van der Waals surface area contributed by atoms with E-state index in [9.17, 15) is 4.79 Å². The van der Waals surface area contributed by atoms with Gasteiger partial charge in [0, 0.05) is 19.0 Å². The minimum atomic E-state index is -0.0418. The van der Waals surface area contributed by atoms with E-state index in [4.69, 9.17) is 4.74 Å². The van der Waals surface area contributed by atoms with Gasteiger partial charge in [-0.15, -0.1) is 0 Å². The quantitative estimate of drug-likeness (QED) is 0.663. The van der Waals surface area contributed by atoms with E-state index in [2.05, 4.69) is 37.4 Å². The molecular formula is C22H29NO2. The van der Waals surface area contributed by atoms with Crippen molar-refractivity contribution in [3.05, 3.63) is 47.5 Å². The molecule has 5 unspecified atom stereocenters. The first kappa shape index (κ1) is 16.8. The van der Waals surface area contributed by atoms with Gasteiger partial charge in [-0.2, -0.15) is 0 Å². The number of rotatable bonds is 4. The Morgan fingerprint density at radius 1 is 1.28 bits per heavy atom. The van der Waals surface area contributed by atoms with Crippen LogP contribution in [0.3, 0.4) is 0 Å². The number of ether oxygens (including phenoxy) is 1. The average molecular weight is 339 g/mol. The lowest BCUT2D eigenvalue weighted by atomic mass is 9.59. The van der Waals surface area contributed by atoms with Gasteiger partial charge in [-0.1, -0.05) is 62.2 Å². The summed E-state index contributed by atoms with van der Waals surface area (Å²) in [5.41, 5.74) is 3.08. The first-order chi connectivity index (χ1) is 12.1. The highest BCUT2D eigenvalue weighted by atomic mass is 16.6. The van der Waals surface area contributed by atoms with Crippen molar-refractivity contribution in [3.63, 3.8) is 0 Å². The van der Waals surface area contributed by atoms with E-state index in [0.717, 1.165) is 13.0 Å². The Morgan fingerprint density at radius 3 is 2.88 bits per heavy atom. The Balaban J connectivity index is 1.47. The molecule has 2 fully saturated rings. The molecule has 1 heterocycles. The van der Waals surface area contributed by atoms with E-state index in [-0.39, 0.29) is 29.3 Å². The second-order valence-electron chi connectivity index (χ2n) is 8.46. The van der Waals surface area contributed by atoms with Crippen molar-refractivity contribution >= 4 is 5.97 Å². The van der Waals surface area contributed by atoms with Gasteiger partial charge in [-0.25, -0.2) is 0 Å². The highest BCUT2D eigenvalue weighted by molar-refractivity contribution is 5.76. The van der Waals surface area contributed by atoms with E-state index in [0.29, 0.717) is 12.5 Å². The summed E-state index contributed by atoms with van der Waals surface area (Å²) in [6.07, 6.45) is 7.33. The van der Waals surface area contributed by atoms with Gasteiger partial charge in [0.15, 0.2) is 0 Å². The number of nitrogens with one attached hydrogen (secondary N) is 1. The topological polar surface area (TPSA) is 38.3 Å². The SMILES string of the molecule is CC1CCCC2(C)CC3OC(=O)C(CNCc4ccccc4)C3C=C12. The Kier molecular flexibility index (Phi) is 4.45. The van der Waals surface area contributed by atoms with Crippen LogP contribution in [-0.2, 0) is 16.1 Å². The Hall–Kier alpha value is -1.61. The van der Waals surface area contributed by atoms with E-state index >= 15 is 0 Å². The molecule has 3 nitrogen and oxygen atoms in total. The van der Waals surface area contributed by atoms with E-state index in [1.165, 1.54) is 24.8 Å². The molecule has 5 atom stereocenters. The second-order valence-corrected chi connectivity index (χ2v) is 8.46. The number of carbonyl (C=O) groups excluding carboxylic acids is 1. The van der Waals surface area contributed by atoms with Crippen molar-refractivity contribution in [2.75, 3.05) is 6.54 Å². The smallest absolute Gasteiger partial charge is 0.311 e. The van der Waals surface area contributed by atoms with Crippen LogP contribution in [0.15, 0.2) is 42.0 Å². The van der Waals surface area contributed by atoms with E-state index in [1.807, 2.05) is 18.2 Å². The third-order valence-corrected chi connectivity index (χ3v) is 6.62. The van der Waals surface area contributed by atoms with Crippen LogP contribution >= 0.6 is 0 Å². The summed E-state index contributed by atoms with van der Waals surface area (Å²) in [6.45, 7) is 6.22. The van der Waals surface area contributed by atoms with Crippen molar-refractivity contribution in [1.82, 2.24) is 5.32 Å². The summed E-state index contributed by atoms with van der Waals surface area (Å²) in [6, 6.07) is 10.3. The zero-order valence-corrected chi connectivity index (χ0v) is 15.3. The lowest BCUT2D eigenvalue weighted by molar-refractivity contribution is -0.145. The number of benzene rings is 1. The molecular weight excluding hydrogens is 310 g/mol. The number of esters is 1. The first-order valence-corrected chi connectivity index (χ1v) is 9.74. The van der Waals surface area contributed by atoms with Crippen molar-refractivity contribution in [3.8, 4) is 0 Å². The summed E-state index contributed by atoms with van der Waals surface area (Å²) in [4.78, 5) is 12.5. The van der Waals surface area contributed by atoms with Crippen LogP contribution in [0.2, 0.25) is 0 Å². The number of carbonyl (C=O) groups is 1. The largest absolute Gasteiger partial charge is 0.461 e. The van der Waals surface area contributed by atoms with E-state index < -0.39 is 0 Å². The average Bonchev–Trinajstić information content (AvgIpc) is 2.88. The van der Waals surface area contributed by atoms with Gasteiger partial charge >= 0.3 is 5.97 Å². The molecule has 1 saturated heterocycles. The summed E-state index contributed by atoms with van der Waals surface area (Å²) in [7, 11) is 0. The van der Waals surface area contributed by atoms with Crippen molar-refractivity contribution < 1.29 is 9.53 Å². The molecule has 4 rings (SSSR count). The highest BCUT2D eigenvalue weighted by Gasteiger charge is 2.51. The van der Waals surface area contributed by atoms with Crippen LogP contribution < -0.4 is 5.32 Å². The van der Waals surface area contributed by atoms with Gasteiger partial charge in [0.1, 0.15) is 6.10 Å². The third kappa shape index (κ3) is 3.15. The molecule has 0 spiro atoms. The number of hydrogen-bond acceptors (Lipinski definition) is 3. The van der Waals surface area contributed by atoms with Crippen LogP contribution in [0.1, 0.15) is 45.1 Å². The van der Waals surface area contributed by atoms with Crippen molar-refractivity contribution in [1.29, 1.82) is 0 Å². The maximum atomic E-state index is 12.5. The molecule has 1 aromatic rings. The number of allylic oxidation sites excluding steroid dienone is 1. The molecule has 1 saturated carbocycles. The predicted molar refractivity (Wildman–Crippen MR) is 98.8 cm³/mol. The van der Waals surface area contributed by atoms with Gasteiger partial charge in [0.05, 0.1) is 5.92 Å². The van der Waals surface area contributed by atoms with Gasteiger partial charge in [-0.05, 0) is 36.2 Å². The fourth-order valence-corrected chi connectivity index (χ4v) is 5.25. The summed E-state index contributed by atoms with van der Waals surface area (Å²) in [5.74, 6) is 0.843. The monoisotopic (exact) mass is 339 g/mol. The molecule has 0 bridgehead atoms.